The highest BCUT2D eigenvalue weighted by Gasteiger charge is 2.22. The fourth-order valence-corrected chi connectivity index (χ4v) is 2.62. The van der Waals surface area contributed by atoms with Crippen molar-refractivity contribution in [2.45, 2.75) is 26.4 Å². The SMILES string of the molecule is CC(C)N(Cc1cccs1)C(=O)c1ccc(N)cc1F. The lowest BCUT2D eigenvalue weighted by Crippen LogP contribution is -2.36. The van der Waals surface area contributed by atoms with E-state index >= 15 is 0 Å². The molecule has 0 fully saturated rings. The van der Waals surface area contributed by atoms with Crippen molar-refractivity contribution >= 4 is 22.9 Å². The van der Waals surface area contributed by atoms with Gasteiger partial charge in [0, 0.05) is 16.6 Å². The molecule has 1 aromatic heterocycles. The molecular weight excluding hydrogens is 275 g/mol. The number of nitrogens with zero attached hydrogens (tertiary/aromatic N) is 1. The van der Waals surface area contributed by atoms with Crippen molar-refractivity contribution in [2.24, 2.45) is 0 Å². The number of nitrogens with two attached hydrogens (primary N) is 1. The molecule has 1 heterocycles. The van der Waals surface area contributed by atoms with E-state index in [0.717, 1.165) is 4.88 Å². The summed E-state index contributed by atoms with van der Waals surface area (Å²) in [5.41, 5.74) is 5.88. The molecule has 0 radical (unpaired) electrons. The number of hydrogen-bond acceptors (Lipinski definition) is 3. The number of anilines is 1. The predicted octanol–water partition coefficient (Wildman–Crippen LogP) is 3.52. The van der Waals surface area contributed by atoms with E-state index in [4.69, 9.17) is 5.73 Å². The van der Waals surface area contributed by atoms with Crippen molar-refractivity contribution in [1.29, 1.82) is 0 Å². The van der Waals surface area contributed by atoms with E-state index in [1.807, 2.05) is 31.4 Å². The van der Waals surface area contributed by atoms with Crippen molar-refractivity contribution in [3.8, 4) is 0 Å². The molecule has 0 spiro atoms. The minimum absolute atomic E-state index is 0.0125. The Hall–Kier alpha value is -1.88. The maximum absolute atomic E-state index is 13.9. The summed E-state index contributed by atoms with van der Waals surface area (Å²) in [7, 11) is 0. The van der Waals surface area contributed by atoms with Crippen LogP contribution >= 0.6 is 11.3 Å². The molecule has 2 aromatic rings. The third-order valence-corrected chi connectivity index (χ3v) is 3.88. The highest BCUT2D eigenvalue weighted by molar-refractivity contribution is 7.09. The number of benzene rings is 1. The predicted molar refractivity (Wildman–Crippen MR) is 80.1 cm³/mol. The number of nitrogen functional groups attached to an aromatic ring is 1. The van der Waals surface area contributed by atoms with Crippen molar-refractivity contribution < 1.29 is 9.18 Å². The van der Waals surface area contributed by atoms with E-state index in [-0.39, 0.29) is 17.5 Å². The molecule has 1 aromatic carbocycles. The molecule has 2 N–H and O–H groups in total. The first kappa shape index (κ1) is 14.5. The molecule has 0 aliphatic heterocycles. The molecule has 20 heavy (non-hydrogen) atoms. The van der Waals surface area contributed by atoms with Gasteiger partial charge < -0.3 is 10.6 Å². The molecule has 0 unspecified atom stereocenters. The fourth-order valence-electron chi connectivity index (χ4n) is 1.92. The molecule has 2 rings (SSSR count). The lowest BCUT2D eigenvalue weighted by Gasteiger charge is -2.26. The van der Waals surface area contributed by atoms with Crippen LogP contribution < -0.4 is 5.73 Å². The van der Waals surface area contributed by atoms with Crippen LogP contribution in [0.5, 0.6) is 0 Å². The fraction of sp³-hybridized carbons (Fsp3) is 0.267. The zero-order valence-electron chi connectivity index (χ0n) is 11.5. The van der Waals surface area contributed by atoms with Gasteiger partial charge in [-0.15, -0.1) is 11.3 Å². The van der Waals surface area contributed by atoms with E-state index in [9.17, 15) is 9.18 Å². The highest BCUT2D eigenvalue weighted by atomic mass is 32.1. The molecule has 0 aliphatic carbocycles. The van der Waals surface area contributed by atoms with Crippen molar-refractivity contribution in [1.82, 2.24) is 4.90 Å². The maximum atomic E-state index is 13.9. The first-order chi connectivity index (χ1) is 9.49. The number of halogens is 1. The summed E-state index contributed by atoms with van der Waals surface area (Å²) in [5.74, 6) is -0.891. The molecule has 0 bridgehead atoms. The molecule has 106 valence electrons. The van der Waals surface area contributed by atoms with Gasteiger partial charge in [-0.05, 0) is 43.5 Å². The van der Waals surface area contributed by atoms with Crippen LogP contribution in [0.15, 0.2) is 35.7 Å². The Morgan fingerprint density at radius 1 is 1.40 bits per heavy atom. The number of thiophene rings is 1. The molecule has 3 nitrogen and oxygen atoms in total. The van der Waals surface area contributed by atoms with Gasteiger partial charge in [0.05, 0.1) is 12.1 Å². The summed E-state index contributed by atoms with van der Waals surface area (Å²) in [6.07, 6.45) is 0. The third kappa shape index (κ3) is 3.17. The van der Waals surface area contributed by atoms with Crippen LogP contribution in [0, 0.1) is 5.82 Å². The average molecular weight is 292 g/mol. The molecule has 0 saturated heterocycles. The summed E-state index contributed by atoms with van der Waals surface area (Å²) in [6, 6.07) is 8.05. The van der Waals surface area contributed by atoms with Gasteiger partial charge in [-0.3, -0.25) is 4.79 Å². The van der Waals surface area contributed by atoms with Gasteiger partial charge in [-0.25, -0.2) is 4.39 Å². The minimum Gasteiger partial charge on any atom is -0.399 e. The van der Waals surface area contributed by atoms with Gasteiger partial charge in [0.2, 0.25) is 0 Å². The standard InChI is InChI=1S/C15H17FN2OS/c1-10(2)18(9-12-4-3-7-20-12)15(19)13-6-5-11(17)8-14(13)16/h3-8,10H,9,17H2,1-2H3. The van der Waals surface area contributed by atoms with Gasteiger partial charge >= 0.3 is 0 Å². The molecule has 0 atom stereocenters. The maximum Gasteiger partial charge on any atom is 0.257 e. The Kier molecular flexibility index (Phi) is 4.39. The number of amides is 1. The quantitative estimate of drug-likeness (QED) is 0.876. The van der Waals surface area contributed by atoms with E-state index in [0.29, 0.717) is 12.2 Å². The van der Waals surface area contributed by atoms with E-state index < -0.39 is 5.82 Å². The summed E-state index contributed by atoms with van der Waals surface area (Å²) < 4.78 is 13.9. The average Bonchev–Trinajstić information content (AvgIpc) is 2.87. The first-order valence-corrected chi connectivity index (χ1v) is 7.25. The van der Waals surface area contributed by atoms with Crippen LogP contribution in [-0.4, -0.2) is 16.8 Å². The Labute approximate surface area is 121 Å². The van der Waals surface area contributed by atoms with Gasteiger partial charge in [0.25, 0.3) is 5.91 Å². The van der Waals surface area contributed by atoms with Crippen LogP contribution in [0.1, 0.15) is 29.1 Å². The van der Waals surface area contributed by atoms with Gasteiger partial charge in [0.15, 0.2) is 0 Å². The summed E-state index contributed by atoms with van der Waals surface area (Å²) >= 11 is 1.58. The summed E-state index contributed by atoms with van der Waals surface area (Å²) in [4.78, 5) is 15.2. The summed E-state index contributed by atoms with van der Waals surface area (Å²) in [6.45, 7) is 4.32. The molecule has 0 saturated carbocycles. The second-order valence-electron chi connectivity index (χ2n) is 4.85. The first-order valence-electron chi connectivity index (χ1n) is 6.37. The lowest BCUT2D eigenvalue weighted by atomic mass is 10.1. The van der Waals surface area contributed by atoms with E-state index in [2.05, 4.69) is 0 Å². The highest BCUT2D eigenvalue weighted by Crippen LogP contribution is 2.19. The summed E-state index contributed by atoms with van der Waals surface area (Å²) in [5, 5.41) is 1.96. The Morgan fingerprint density at radius 2 is 2.15 bits per heavy atom. The number of carbonyl (C=O) groups is 1. The van der Waals surface area contributed by atoms with E-state index in [1.165, 1.54) is 12.1 Å². The molecular formula is C15H17FN2OS. The van der Waals surface area contributed by atoms with Gasteiger partial charge in [-0.2, -0.15) is 0 Å². The van der Waals surface area contributed by atoms with Crippen molar-refractivity contribution in [3.05, 3.63) is 52.0 Å². The zero-order valence-corrected chi connectivity index (χ0v) is 12.3. The Bertz CT molecular complexity index is 596. The Morgan fingerprint density at radius 3 is 2.70 bits per heavy atom. The normalized spacial score (nSPS) is 10.8. The minimum atomic E-state index is -0.577. The number of rotatable bonds is 4. The molecule has 5 heteroatoms. The van der Waals surface area contributed by atoms with E-state index in [1.54, 1.807) is 22.3 Å². The van der Waals surface area contributed by atoms with Gasteiger partial charge in [-0.1, -0.05) is 6.07 Å². The van der Waals surface area contributed by atoms with Crippen LogP contribution in [0.4, 0.5) is 10.1 Å². The Balaban J connectivity index is 2.27. The molecule has 1 amide bonds. The van der Waals surface area contributed by atoms with Gasteiger partial charge in [0.1, 0.15) is 5.82 Å². The number of hydrogen-bond donors (Lipinski definition) is 1. The topological polar surface area (TPSA) is 46.3 Å². The smallest absolute Gasteiger partial charge is 0.257 e. The van der Waals surface area contributed by atoms with Crippen LogP contribution in [-0.2, 0) is 6.54 Å². The molecule has 0 aliphatic rings. The monoisotopic (exact) mass is 292 g/mol. The lowest BCUT2D eigenvalue weighted by molar-refractivity contribution is 0.0687. The second-order valence-corrected chi connectivity index (χ2v) is 5.88. The largest absolute Gasteiger partial charge is 0.399 e. The zero-order chi connectivity index (χ0) is 14.7. The van der Waals surface area contributed by atoms with Crippen LogP contribution in [0.2, 0.25) is 0 Å². The van der Waals surface area contributed by atoms with Crippen molar-refractivity contribution in [3.63, 3.8) is 0 Å². The third-order valence-electron chi connectivity index (χ3n) is 3.01. The van der Waals surface area contributed by atoms with Crippen LogP contribution in [0.25, 0.3) is 0 Å². The second kappa shape index (κ2) is 6.05. The van der Waals surface area contributed by atoms with Crippen LogP contribution in [0.3, 0.4) is 0 Å². The van der Waals surface area contributed by atoms with Crippen molar-refractivity contribution in [2.75, 3.05) is 5.73 Å². The number of carbonyl (C=O) groups excluding carboxylic acids is 1.